The van der Waals surface area contributed by atoms with E-state index < -0.39 is 0 Å². The highest BCUT2D eigenvalue weighted by molar-refractivity contribution is 5.82. The van der Waals surface area contributed by atoms with E-state index in [4.69, 9.17) is 4.74 Å². The molecule has 0 aliphatic heterocycles. The van der Waals surface area contributed by atoms with Crippen LogP contribution >= 0.6 is 0 Å². The van der Waals surface area contributed by atoms with Gasteiger partial charge in [-0.1, -0.05) is 30.4 Å². The normalized spacial score (nSPS) is 11.7. The summed E-state index contributed by atoms with van der Waals surface area (Å²) in [4.78, 5) is 0. The van der Waals surface area contributed by atoms with Gasteiger partial charge in [-0.05, 0) is 60.0 Å². The number of rotatable bonds is 6. The fourth-order valence-electron chi connectivity index (χ4n) is 2.95. The molecule has 3 aromatic rings. The molecular formula is C24H23NO5. The van der Waals surface area contributed by atoms with Crippen molar-refractivity contribution in [2.45, 2.75) is 13.5 Å². The van der Waals surface area contributed by atoms with Crippen LogP contribution in [0.5, 0.6) is 23.0 Å². The molecule has 0 aliphatic rings. The molecule has 0 aliphatic carbocycles. The van der Waals surface area contributed by atoms with E-state index in [1.807, 2.05) is 25.1 Å². The minimum Gasteiger partial charge on any atom is -0.624 e. The molecule has 0 atom stereocenters. The molecule has 3 N–H and O–H groups in total. The van der Waals surface area contributed by atoms with Crippen LogP contribution in [0.15, 0.2) is 54.6 Å². The molecule has 6 heteroatoms. The summed E-state index contributed by atoms with van der Waals surface area (Å²) in [6, 6.07) is 15.0. The SMILES string of the molecule is COc1cc(/C=C/c2ccc(O)c(/C=[N+](/[O-])Cc3ccc(C)cc3O)c2)ccc1O. The van der Waals surface area contributed by atoms with E-state index in [-0.39, 0.29) is 23.8 Å². The summed E-state index contributed by atoms with van der Waals surface area (Å²) < 4.78 is 5.76. The Kier molecular flexibility index (Phi) is 6.27. The Morgan fingerprint density at radius 1 is 0.867 bits per heavy atom. The average molecular weight is 405 g/mol. The number of hydrogen-bond acceptors (Lipinski definition) is 5. The first-order valence-electron chi connectivity index (χ1n) is 9.31. The standard InChI is InChI=1S/C24H23NO5/c1-16-3-8-19(23(28)11-16)14-25(29)15-20-12-17(6-9-21(20)26)4-5-18-7-10-22(27)24(13-18)30-2/h3-13,15,26-28H,14H2,1-2H3/b5-4+,25-15+. The van der Waals surface area contributed by atoms with Crippen LogP contribution in [0.4, 0.5) is 0 Å². The number of hydrogen-bond donors (Lipinski definition) is 3. The first-order valence-corrected chi connectivity index (χ1v) is 9.31. The Bertz CT molecular complexity index is 1120. The van der Waals surface area contributed by atoms with Gasteiger partial charge in [-0.25, -0.2) is 4.74 Å². The predicted molar refractivity (Wildman–Crippen MR) is 117 cm³/mol. The lowest BCUT2D eigenvalue weighted by Gasteiger charge is -2.08. The van der Waals surface area contributed by atoms with Gasteiger partial charge in [0, 0.05) is 0 Å². The highest BCUT2D eigenvalue weighted by Crippen LogP contribution is 2.27. The van der Waals surface area contributed by atoms with Crippen LogP contribution in [0.2, 0.25) is 0 Å². The molecule has 0 unspecified atom stereocenters. The summed E-state index contributed by atoms with van der Waals surface area (Å²) in [6.07, 6.45) is 4.94. The smallest absolute Gasteiger partial charge is 0.185 e. The molecule has 3 rings (SSSR count). The fourth-order valence-corrected chi connectivity index (χ4v) is 2.95. The van der Waals surface area contributed by atoms with Crippen LogP contribution in [0.1, 0.15) is 27.8 Å². The Morgan fingerprint density at radius 3 is 2.20 bits per heavy atom. The van der Waals surface area contributed by atoms with Gasteiger partial charge in [0.15, 0.2) is 24.3 Å². The highest BCUT2D eigenvalue weighted by Gasteiger charge is 2.08. The Balaban J connectivity index is 1.81. The Labute approximate surface area is 174 Å². The van der Waals surface area contributed by atoms with Crippen molar-refractivity contribution < 1.29 is 24.8 Å². The van der Waals surface area contributed by atoms with Gasteiger partial charge in [-0.2, -0.15) is 0 Å². The second kappa shape index (κ2) is 9.05. The molecule has 154 valence electrons. The molecule has 6 nitrogen and oxygen atoms in total. The number of benzene rings is 3. The number of phenolic OH excluding ortho intramolecular Hbond substituents is 3. The van der Waals surface area contributed by atoms with Crippen molar-refractivity contribution >= 4 is 18.4 Å². The third kappa shape index (κ3) is 5.11. The number of methoxy groups -OCH3 is 1. The molecular weight excluding hydrogens is 382 g/mol. The lowest BCUT2D eigenvalue weighted by Crippen LogP contribution is -2.06. The van der Waals surface area contributed by atoms with Gasteiger partial charge < -0.3 is 25.3 Å². The van der Waals surface area contributed by atoms with Gasteiger partial charge in [0.25, 0.3) is 0 Å². The molecule has 0 bridgehead atoms. The molecule has 0 amide bonds. The number of aromatic hydroxyl groups is 3. The van der Waals surface area contributed by atoms with Crippen molar-refractivity contribution in [1.29, 1.82) is 0 Å². The molecule has 0 spiro atoms. The van der Waals surface area contributed by atoms with E-state index >= 15 is 0 Å². The number of ether oxygens (including phenoxy) is 1. The predicted octanol–water partition coefficient (Wildman–Crippen LogP) is 4.42. The summed E-state index contributed by atoms with van der Waals surface area (Å²) in [6.45, 7) is 1.81. The lowest BCUT2D eigenvalue weighted by atomic mass is 10.1. The van der Waals surface area contributed by atoms with Crippen LogP contribution in [-0.4, -0.2) is 33.4 Å². The second-order valence-corrected chi connectivity index (χ2v) is 6.92. The third-order valence-corrected chi connectivity index (χ3v) is 4.57. The van der Waals surface area contributed by atoms with Crippen molar-refractivity contribution in [3.63, 3.8) is 0 Å². The maximum Gasteiger partial charge on any atom is 0.185 e. The van der Waals surface area contributed by atoms with Crippen molar-refractivity contribution in [2.75, 3.05) is 7.11 Å². The summed E-state index contributed by atoms with van der Waals surface area (Å²) in [5, 5.41) is 42.1. The van der Waals surface area contributed by atoms with Crippen LogP contribution in [0.25, 0.3) is 12.2 Å². The summed E-state index contributed by atoms with van der Waals surface area (Å²) >= 11 is 0. The van der Waals surface area contributed by atoms with Gasteiger partial charge in [0.1, 0.15) is 11.5 Å². The number of aryl methyl sites for hydroxylation is 1. The minimum atomic E-state index is -0.0427. The van der Waals surface area contributed by atoms with Crippen LogP contribution in [0.3, 0.4) is 0 Å². The van der Waals surface area contributed by atoms with Crippen molar-refractivity contribution in [2.24, 2.45) is 0 Å². The quantitative estimate of drug-likeness (QED) is 0.185. The van der Waals surface area contributed by atoms with Gasteiger partial charge >= 0.3 is 0 Å². The van der Waals surface area contributed by atoms with Crippen molar-refractivity contribution in [3.05, 3.63) is 87.6 Å². The van der Waals surface area contributed by atoms with Crippen LogP contribution in [-0.2, 0) is 6.54 Å². The monoisotopic (exact) mass is 405 g/mol. The van der Waals surface area contributed by atoms with Gasteiger partial charge in [-0.3, -0.25) is 0 Å². The van der Waals surface area contributed by atoms with E-state index in [1.165, 1.54) is 19.4 Å². The maximum absolute atomic E-state index is 12.3. The first-order chi connectivity index (χ1) is 14.4. The summed E-state index contributed by atoms with van der Waals surface area (Å²) in [5.41, 5.74) is 3.37. The minimum absolute atomic E-state index is 0.0209. The van der Waals surface area contributed by atoms with Crippen molar-refractivity contribution in [1.82, 2.24) is 0 Å². The molecule has 0 aromatic heterocycles. The van der Waals surface area contributed by atoms with Gasteiger partial charge in [-0.15, -0.1) is 0 Å². The molecule has 0 heterocycles. The molecule has 0 saturated carbocycles. The maximum atomic E-state index is 12.3. The molecule has 0 saturated heterocycles. The average Bonchev–Trinajstić information content (AvgIpc) is 2.71. The second-order valence-electron chi connectivity index (χ2n) is 6.92. The molecule has 0 radical (unpaired) electrons. The molecule has 3 aromatic carbocycles. The van der Waals surface area contributed by atoms with E-state index in [0.717, 1.165) is 16.7 Å². The number of phenols is 3. The third-order valence-electron chi connectivity index (χ3n) is 4.57. The summed E-state index contributed by atoms with van der Waals surface area (Å²) in [5.74, 6) is 0.478. The fraction of sp³-hybridized carbons (Fsp3) is 0.125. The highest BCUT2D eigenvalue weighted by atomic mass is 16.5. The van der Waals surface area contributed by atoms with E-state index in [0.29, 0.717) is 21.6 Å². The zero-order chi connectivity index (χ0) is 21.7. The zero-order valence-electron chi connectivity index (χ0n) is 16.7. The largest absolute Gasteiger partial charge is 0.624 e. The van der Waals surface area contributed by atoms with E-state index in [2.05, 4.69) is 0 Å². The lowest BCUT2D eigenvalue weighted by molar-refractivity contribution is -0.469. The zero-order valence-corrected chi connectivity index (χ0v) is 16.7. The van der Waals surface area contributed by atoms with Crippen molar-refractivity contribution in [3.8, 4) is 23.0 Å². The van der Waals surface area contributed by atoms with E-state index in [9.17, 15) is 20.5 Å². The summed E-state index contributed by atoms with van der Waals surface area (Å²) in [7, 11) is 1.48. The number of hydroxylamine groups is 1. The molecule has 0 fully saturated rings. The van der Waals surface area contributed by atoms with E-state index in [1.54, 1.807) is 42.5 Å². The van der Waals surface area contributed by atoms with Gasteiger partial charge in [0.2, 0.25) is 0 Å². The van der Waals surface area contributed by atoms with Gasteiger partial charge in [0.05, 0.1) is 18.2 Å². The Morgan fingerprint density at radius 2 is 1.53 bits per heavy atom. The topological polar surface area (TPSA) is 96.0 Å². The first kappa shape index (κ1) is 20.8. The van der Waals surface area contributed by atoms with Crippen LogP contribution in [0, 0.1) is 12.1 Å². The number of nitrogens with zero attached hydrogens (tertiary/aromatic N) is 1. The van der Waals surface area contributed by atoms with Crippen LogP contribution < -0.4 is 4.74 Å². The molecule has 30 heavy (non-hydrogen) atoms. The Hall–Kier alpha value is -3.93.